The van der Waals surface area contributed by atoms with Crippen molar-refractivity contribution in [3.8, 4) is 11.7 Å². The number of aryl methyl sites for hydroxylation is 1. The number of hydrogen-bond acceptors (Lipinski definition) is 7. The third kappa shape index (κ3) is 4.62. The van der Waals surface area contributed by atoms with Crippen molar-refractivity contribution >= 4 is 5.91 Å². The van der Waals surface area contributed by atoms with E-state index >= 15 is 0 Å². The molecule has 4 rings (SSSR count). The highest BCUT2D eigenvalue weighted by Gasteiger charge is 2.32. The zero-order valence-electron chi connectivity index (χ0n) is 16.5. The van der Waals surface area contributed by atoms with Gasteiger partial charge in [-0.1, -0.05) is 0 Å². The summed E-state index contributed by atoms with van der Waals surface area (Å²) in [4.78, 5) is 27.8. The van der Waals surface area contributed by atoms with E-state index in [-0.39, 0.29) is 24.2 Å². The number of hydrogen-bond donors (Lipinski definition) is 0. The van der Waals surface area contributed by atoms with Crippen LogP contribution < -0.4 is 4.74 Å². The zero-order valence-corrected chi connectivity index (χ0v) is 16.5. The van der Waals surface area contributed by atoms with Crippen LogP contribution in [-0.4, -0.2) is 59.9 Å². The molecule has 0 spiro atoms. The molecule has 31 heavy (non-hydrogen) atoms. The Kier molecular flexibility index (Phi) is 5.53. The number of piperidine rings is 1. The summed E-state index contributed by atoms with van der Waals surface area (Å²) in [5.74, 6) is -0.308. The number of halogens is 3. The Hall–Kier alpha value is -3.57. The van der Waals surface area contributed by atoms with E-state index < -0.39 is 17.8 Å². The van der Waals surface area contributed by atoms with Crippen LogP contribution >= 0.6 is 0 Å². The second-order valence-electron chi connectivity index (χ2n) is 7.02. The van der Waals surface area contributed by atoms with E-state index in [1.165, 1.54) is 17.2 Å². The van der Waals surface area contributed by atoms with Gasteiger partial charge in [0.15, 0.2) is 5.69 Å². The topological polar surface area (TPSA) is 98.9 Å². The summed E-state index contributed by atoms with van der Waals surface area (Å²) in [6.45, 7) is 2.50. The van der Waals surface area contributed by atoms with Crippen molar-refractivity contribution in [3.63, 3.8) is 0 Å². The van der Waals surface area contributed by atoms with Gasteiger partial charge >= 0.3 is 12.2 Å². The van der Waals surface area contributed by atoms with Crippen molar-refractivity contribution in [2.45, 2.75) is 32.0 Å². The van der Waals surface area contributed by atoms with E-state index in [2.05, 4.69) is 25.1 Å². The fraction of sp³-hybridized carbons (Fsp3) is 0.368. The predicted octanol–water partition coefficient (Wildman–Crippen LogP) is 2.46. The van der Waals surface area contributed by atoms with Crippen LogP contribution in [-0.2, 0) is 6.18 Å². The summed E-state index contributed by atoms with van der Waals surface area (Å²) >= 11 is 0. The fourth-order valence-electron chi connectivity index (χ4n) is 3.25. The van der Waals surface area contributed by atoms with E-state index in [0.717, 1.165) is 0 Å². The van der Waals surface area contributed by atoms with Gasteiger partial charge in [-0.3, -0.25) is 4.79 Å². The van der Waals surface area contributed by atoms with Crippen molar-refractivity contribution in [1.82, 2.24) is 34.8 Å². The number of aromatic nitrogens is 6. The van der Waals surface area contributed by atoms with Crippen LogP contribution in [0.1, 0.15) is 34.6 Å². The van der Waals surface area contributed by atoms with E-state index in [9.17, 15) is 18.0 Å². The highest BCUT2D eigenvalue weighted by molar-refractivity contribution is 5.95. The maximum atomic E-state index is 13.2. The Bertz CT molecular complexity index is 1060. The number of amides is 1. The van der Waals surface area contributed by atoms with E-state index in [0.29, 0.717) is 43.2 Å². The lowest BCUT2D eigenvalue weighted by molar-refractivity contribution is -0.138. The van der Waals surface area contributed by atoms with Gasteiger partial charge in [-0.15, -0.1) is 4.80 Å². The van der Waals surface area contributed by atoms with Gasteiger partial charge in [-0.05, 0) is 31.9 Å². The molecule has 1 unspecified atom stereocenters. The zero-order chi connectivity index (χ0) is 22.0. The number of rotatable bonds is 4. The van der Waals surface area contributed by atoms with Crippen LogP contribution in [0.15, 0.2) is 36.9 Å². The molecule has 1 saturated heterocycles. The van der Waals surface area contributed by atoms with Crippen molar-refractivity contribution in [3.05, 3.63) is 53.9 Å². The van der Waals surface area contributed by atoms with Crippen LogP contribution in [0, 0.1) is 6.92 Å². The number of carbonyl (C=O) groups excluding carboxylic acids is 1. The van der Waals surface area contributed by atoms with Crippen LogP contribution in [0.25, 0.3) is 5.69 Å². The average molecular weight is 433 g/mol. The van der Waals surface area contributed by atoms with Gasteiger partial charge in [0.1, 0.15) is 11.8 Å². The minimum atomic E-state index is -4.52. The summed E-state index contributed by atoms with van der Waals surface area (Å²) in [7, 11) is 0. The first-order valence-electron chi connectivity index (χ1n) is 9.51. The minimum Gasteiger partial charge on any atom is -0.458 e. The Labute approximate surface area is 174 Å². The van der Waals surface area contributed by atoms with Crippen molar-refractivity contribution in [2.75, 3.05) is 13.1 Å². The maximum absolute atomic E-state index is 13.2. The number of alkyl halides is 3. The molecule has 1 amide bonds. The second-order valence-corrected chi connectivity index (χ2v) is 7.02. The predicted molar refractivity (Wildman–Crippen MR) is 100 cm³/mol. The van der Waals surface area contributed by atoms with Crippen molar-refractivity contribution in [1.29, 1.82) is 0 Å². The highest BCUT2D eigenvalue weighted by atomic mass is 19.4. The molecule has 1 atom stereocenters. The molecule has 0 aliphatic carbocycles. The molecule has 3 aromatic rings. The molecular weight excluding hydrogens is 415 g/mol. The van der Waals surface area contributed by atoms with Crippen LogP contribution in [0.4, 0.5) is 13.2 Å². The molecular formula is C19H18F3N7O2. The summed E-state index contributed by atoms with van der Waals surface area (Å²) < 4.78 is 43.6. The molecule has 1 fully saturated rings. The Balaban J connectivity index is 1.49. The van der Waals surface area contributed by atoms with E-state index in [1.54, 1.807) is 24.0 Å². The summed E-state index contributed by atoms with van der Waals surface area (Å²) in [5.41, 5.74) is 0.380. The van der Waals surface area contributed by atoms with Crippen LogP contribution in [0.2, 0.25) is 0 Å². The first-order chi connectivity index (χ1) is 14.8. The first kappa shape index (κ1) is 20.7. The van der Waals surface area contributed by atoms with Gasteiger partial charge in [0, 0.05) is 24.6 Å². The van der Waals surface area contributed by atoms with Gasteiger partial charge in [-0.25, -0.2) is 15.0 Å². The van der Waals surface area contributed by atoms with Crippen molar-refractivity contribution in [2.24, 2.45) is 0 Å². The molecule has 1 aliphatic heterocycles. The molecule has 3 aromatic heterocycles. The van der Waals surface area contributed by atoms with Crippen LogP contribution in [0.3, 0.4) is 0 Å². The molecule has 0 bridgehead atoms. The minimum absolute atomic E-state index is 0.164. The second kappa shape index (κ2) is 8.28. The quantitative estimate of drug-likeness (QED) is 0.623. The number of pyridine rings is 1. The molecule has 9 nitrogen and oxygen atoms in total. The molecule has 12 heteroatoms. The SMILES string of the molecule is Cc1ccc(-n2nccn2)c(C(=O)N2CCCC(Oc3ncc(C(F)(F)F)cn3)C2)n1. The fourth-order valence-corrected chi connectivity index (χ4v) is 3.25. The third-order valence-electron chi connectivity index (χ3n) is 4.74. The third-order valence-corrected chi connectivity index (χ3v) is 4.74. The molecule has 0 N–H and O–H groups in total. The monoisotopic (exact) mass is 433 g/mol. The molecule has 0 aromatic carbocycles. The molecule has 4 heterocycles. The average Bonchev–Trinajstić information content (AvgIpc) is 3.28. The van der Waals surface area contributed by atoms with E-state index in [4.69, 9.17) is 4.74 Å². The lowest BCUT2D eigenvalue weighted by atomic mass is 10.1. The normalized spacial score (nSPS) is 16.9. The van der Waals surface area contributed by atoms with Gasteiger partial charge in [0.05, 0.1) is 24.5 Å². The van der Waals surface area contributed by atoms with Crippen LogP contribution in [0.5, 0.6) is 6.01 Å². The molecule has 0 saturated carbocycles. The smallest absolute Gasteiger partial charge is 0.419 e. The first-order valence-corrected chi connectivity index (χ1v) is 9.51. The summed E-state index contributed by atoms with van der Waals surface area (Å²) in [5, 5.41) is 8.15. The summed E-state index contributed by atoms with van der Waals surface area (Å²) in [6.07, 6.45) is 0.648. The summed E-state index contributed by atoms with van der Waals surface area (Å²) in [6, 6.07) is 3.32. The van der Waals surface area contributed by atoms with Gasteiger partial charge in [0.25, 0.3) is 5.91 Å². The van der Waals surface area contributed by atoms with Gasteiger partial charge in [-0.2, -0.15) is 23.4 Å². The van der Waals surface area contributed by atoms with Crippen molar-refractivity contribution < 1.29 is 22.7 Å². The lowest BCUT2D eigenvalue weighted by Gasteiger charge is -2.32. The lowest BCUT2D eigenvalue weighted by Crippen LogP contribution is -2.45. The largest absolute Gasteiger partial charge is 0.458 e. The number of likely N-dealkylation sites (tertiary alicyclic amines) is 1. The highest BCUT2D eigenvalue weighted by Crippen LogP contribution is 2.28. The number of ether oxygens (including phenoxy) is 1. The number of nitrogens with zero attached hydrogens (tertiary/aromatic N) is 7. The molecule has 162 valence electrons. The molecule has 1 aliphatic rings. The molecule has 0 radical (unpaired) electrons. The maximum Gasteiger partial charge on any atom is 0.419 e. The Morgan fingerprint density at radius 3 is 2.55 bits per heavy atom. The Morgan fingerprint density at radius 1 is 1.16 bits per heavy atom. The number of carbonyl (C=O) groups is 1. The van der Waals surface area contributed by atoms with E-state index in [1.807, 2.05) is 0 Å². The standard InChI is InChI=1S/C19H18F3N7O2/c1-12-4-5-15(29-25-6-7-26-29)16(27-12)17(30)28-8-2-3-14(11-28)31-18-23-9-13(10-24-18)19(20,21)22/h4-7,9-10,14H,2-3,8,11H2,1H3. The Morgan fingerprint density at radius 2 is 1.87 bits per heavy atom. The van der Waals surface area contributed by atoms with Gasteiger partial charge < -0.3 is 9.64 Å². The van der Waals surface area contributed by atoms with Gasteiger partial charge in [0.2, 0.25) is 0 Å².